The van der Waals surface area contributed by atoms with Crippen LogP contribution in [-0.4, -0.2) is 32.9 Å². The van der Waals surface area contributed by atoms with E-state index in [1.54, 1.807) is 12.4 Å². The van der Waals surface area contributed by atoms with E-state index in [0.29, 0.717) is 6.04 Å². The Morgan fingerprint density at radius 2 is 2.17 bits per heavy atom. The van der Waals surface area contributed by atoms with Gasteiger partial charge in [-0.05, 0) is 56.7 Å². The summed E-state index contributed by atoms with van der Waals surface area (Å²) in [5.74, 6) is 2.55. The lowest BCUT2D eigenvalue weighted by molar-refractivity contribution is 0.242. The van der Waals surface area contributed by atoms with Crippen LogP contribution in [0, 0.1) is 12.8 Å². The fourth-order valence-electron chi connectivity index (χ4n) is 3.35. The minimum Gasteiger partial charge on any atom is -0.323 e. The van der Waals surface area contributed by atoms with Crippen molar-refractivity contribution in [2.75, 3.05) is 18.4 Å². The Hall–Kier alpha value is -2.01. The predicted octanol–water partition coefficient (Wildman–Crippen LogP) is 3.47. The molecule has 2 aromatic heterocycles. The smallest absolute Gasteiger partial charge is 0.150 e. The molecule has 2 aliphatic rings. The van der Waals surface area contributed by atoms with E-state index >= 15 is 0 Å². The first-order valence-corrected chi connectivity index (χ1v) is 8.54. The number of aromatic nitrogens is 3. The van der Waals surface area contributed by atoms with Crippen molar-refractivity contribution in [1.29, 1.82) is 0 Å². The van der Waals surface area contributed by atoms with E-state index in [4.69, 9.17) is 4.98 Å². The number of rotatable bonds is 5. The summed E-state index contributed by atoms with van der Waals surface area (Å²) >= 11 is 0. The van der Waals surface area contributed by atoms with E-state index in [1.165, 1.54) is 38.8 Å². The summed E-state index contributed by atoms with van der Waals surface area (Å²) < 4.78 is 0. The van der Waals surface area contributed by atoms with Gasteiger partial charge in [-0.3, -0.25) is 9.88 Å². The van der Waals surface area contributed by atoms with E-state index in [2.05, 4.69) is 20.2 Å². The van der Waals surface area contributed by atoms with Gasteiger partial charge in [0.1, 0.15) is 11.6 Å². The van der Waals surface area contributed by atoms with Gasteiger partial charge in [0.25, 0.3) is 0 Å². The van der Waals surface area contributed by atoms with Crippen molar-refractivity contribution >= 4 is 11.6 Å². The van der Waals surface area contributed by atoms with Crippen molar-refractivity contribution in [1.82, 2.24) is 19.9 Å². The van der Waals surface area contributed by atoms with Gasteiger partial charge in [0.15, 0.2) is 0 Å². The van der Waals surface area contributed by atoms with Gasteiger partial charge in [0.05, 0.1) is 24.1 Å². The van der Waals surface area contributed by atoms with E-state index in [9.17, 15) is 0 Å². The first-order chi connectivity index (χ1) is 11.3. The van der Waals surface area contributed by atoms with Crippen LogP contribution in [0.25, 0.3) is 0 Å². The molecule has 23 heavy (non-hydrogen) atoms. The molecular weight excluding hydrogens is 286 g/mol. The average Bonchev–Trinajstić information content (AvgIpc) is 3.25. The molecule has 3 heterocycles. The number of nitrogens with one attached hydrogen (secondary N) is 1. The van der Waals surface area contributed by atoms with Crippen LogP contribution < -0.4 is 5.32 Å². The maximum Gasteiger partial charge on any atom is 0.150 e. The molecule has 2 fully saturated rings. The third-order valence-corrected chi connectivity index (χ3v) is 4.80. The standard InChI is InChI=1S/C18H23N5/c1-13-4-2-8-20-18(13)22-17-11-19-10-15(21-17)16-5-3-9-23(16)12-14-6-7-14/h2,4,8,10-11,14,16H,3,5-7,9,12H2,1H3,(H,20,21,22). The van der Waals surface area contributed by atoms with Gasteiger partial charge in [-0.25, -0.2) is 9.97 Å². The van der Waals surface area contributed by atoms with Crippen molar-refractivity contribution in [3.05, 3.63) is 42.0 Å². The highest BCUT2D eigenvalue weighted by molar-refractivity contribution is 5.54. The maximum atomic E-state index is 4.81. The fraction of sp³-hybridized carbons (Fsp3) is 0.500. The number of anilines is 2. The first kappa shape index (κ1) is 14.6. The second-order valence-electron chi connectivity index (χ2n) is 6.72. The van der Waals surface area contributed by atoms with E-state index in [0.717, 1.165) is 28.8 Å². The summed E-state index contributed by atoms with van der Waals surface area (Å²) in [5, 5.41) is 3.30. The Labute approximate surface area is 137 Å². The van der Waals surface area contributed by atoms with Crippen LogP contribution in [0.3, 0.4) is 0 Å². The van der Waals surface area contributed by atoms with Crippen LogP contribution in [0.4, 0.5) is 11.6 Å². The molecule has 4 rings (SSSR count). The molecule has 5 heteroatoms. The van der Waals surface area contributed by atoms with Gasteiger partial charge in [-0.2, -0.15) is 0 Å². The van der Waals surface area contributed by atoms with Gasteiger partial charge in [-0.1, -0.05) is 6.07 Å². The monoisotopic (exact) mass is 309 g/mol. The van der Waals surface area contributed by atoms with Gasteiger partial charge >= 0.3 is 0 Å². The Morgan fingerprint density at radius 1 is 1.26 bits per heavy atom. The van der Waals surface area contributed by atoms with Crippen molar-refractivity contribution in [2.45, 2.75) is 38.6 Å². The van der Waals surface area contributed by atoms with Gasteiger partial charge < -0.3 is 5.32 Å². The first-order valence-electron chi connectivity index (χ1n) is 8.54. The summed E-state index contributed by atoms with van der Waals surface area (Å²) in [4.78, 5) is 16.2. The van der Waals surface area contributed by atoms with E-state index in [-0.39, 0.29) is 0 Å². The number of pyridine rings is 1. The molecule has 1 saturated carbocycles. The third kappa shape index (κ3) is 3.34. The van der Waals surface area contributed by atoms with Gasteiger partial charge in [0.2, 0.25) is 0 Å². The van der Waals surface area contributed by atoms with Crippen LogP contribution in [0.1, 0.15) is 43.0 Å². The van der Waals surface area contributed by atoms with E-state index < -0.39 is 0 Å². The molecule has 120 valence electrons. The number of nitrogens with zero attached hydrogens (tertiary/aromatic N) is 4. The zero-order valence-electron chi connectivity index (χ0n) is 13.6. The Balaban J connectivity index is 1.52. The quantitative estimate of drug-likeness (QED) is 0.916. The Kier molecular flexibility index (Phi) is 3.95. The molecule has 1 saturated heterocycles. The molecule has 1 aliphatic carbocycles. The Morgan fingerprint density at radius 3 is 3.00 bits per heavy atom. The van der Waals surface area contributed by atoms with Gasteiger partial charge in [-0.15, -0.1) is 0 Å². The molecule has 0 spiro atoms. The minimum absolute atomic E-state index is 0.426. The topological polar surface area (TPSA) is 53.9 Å². The summed E-state index contributed by atoms with van der Waals surface area (Å²) in [5.41, 5.74) is 2.19. The van der Waals surface area contributed by atoms with Crippen molar-refractivity contribution < 1.29 is 0 Å². The fourth-order valence-corrected chi connectivity index (χ4v) is 3.35. The summed E-state index contributed by atoms with van der Waals surface area (Å²) in [7, 11) is 0. The molecule has 1 aliphatic heterocycles. The molecule has 1 unspecified atom stereocenters. The Bertz CT molecular complexity index is 683. The summed E-state index contributed by atoms with van der Waals surface area (Å²) in [6, 6.07) is 4.41. The third-order valence-electron chi connectivity index (χ3n) is 4.80. The molecule has 0 radical (unpaired) electrons. The van der Waals surface area contributed by atoms with Crippen LogP contribution >= 0.6 is 0 Å². The highest BCUT2D eigenvalue weighted by Gasteiger charge is 2.32. The van der Waals surface area contributed by atoms with Crippen molar-refractivity contribution in [3.8, 4) is 0 Å². The zero-order chi connectivity index (χ0) is 15.6. The average molecular weight is 309 g/mol. The predicted molar refractivity (Wildman–Crippen MR) is 90.6 cm³/mol. The molecule has 2 aromatic rings. The van der Waals surface area contributed by atoms with Crippen LogP contribution in [0.15, 0.2) is 30.7 Å². The minimum atomic E-state index is 0.426. The molecule has 1 N–H and O–H groups in total. The van der Waals surface area contributed by atoms with Crippen LogP contribution in [0.2, 0.25) is 0 Å². The lowest BCUT2D eigenvalue weighted by Gasteiger charge is -2.24. The highest BCUT2D eigenvalue weighted by atomic mass is 15.2. The number of hydrogen-bond acceptors (Lipinski definition) is 5. The number of aryl methyl sites for hydroxylation is 1. The van der Waals surface area contributed by atoms with Crippen molar-refractivity contribution in [3.63, 3.8) is 0 Å². The van der Waals surface area contributed by atoms with E-state index in [1.807, 2.05) is 25.3 Å². The lowest BCUT2D eigenvalue weighted by atomic mass is 10.1. The molecule has 5 nitrogen and oxygen atoms in total. The molecular formula is C18H23N5. The van der Waals surface area contributed by atoms with Gasteiger partial charge in [0, 0.05) is 12.7 Å². The number of likely N-dealkylation sites (tertiary alicyclic amines) is 1. The SMILES string of the molecule is Cc1cccnc1Nc1cncc(C2CCCN2CC2CC2)n1. The largest absolute Gasteiger partial charge is 0.323 e. The number of hydrogen-bond donors (Lipinski definition) is 1. The second kappa shape index (κ2) is 6.24. The molecule has 0 aromatic carbocycles. The molecule has 0 bridgehead atoms. The lowest BCUT2D eigenvalue weighted by Crippen LogP contribution is -2.26. The highest BCUT2D eigenvalue weighted by Crippen LogP contribution is 2.37. The normalized spacial score (nSPS) is 21.5. The maximum absolute atomic E-state index is 4.81. The van der Waals surface area contributed by atoms with Crippen LogP contribution in [-0.2, 0) is 0 Å². The van der Waals surface area contributed by atoms with Crippen LogP contribution in [0.5, 0.6) is 0 Å². The summed E-state index contributed by atoms with van der Waals surface area (Å²) in [6.45, 7) is 4.46. The zero-order valence-corrected chi connectivity index (χ0v) is 13.6. The van der Waals surface area contributed by atoms with Crippen molar-refractivity contribution in [2.24, 2.45) is 5.92 Å². The molecule has 0 amide bonds. The second-order valence-corrected chi connectivity index (χ2v) is 6.72. The summed E-state index contributed by atoms with van der Waals surface area (Å²) in [6.07, 6.45) is 10.7. The molecule has 1 atom stereocenters.